The molecule has 0 saturated heterocycles. The summed E-state index contributed by atoms with van der Waals surface area (Å²) >= 11 is 1.03. The number of nitrogens with one attached hydrogen (secondary N) is 1. The maximum Gasteiger partial charge on any atom is 0.348 e. The number of rotatable bonds is 4. The van der Waals surface area contributed by atoms with Crippen molar-refractivity contribution < 1.29 is 14.3 Å². The van der Waals surface area contributed by atoms with Gasteiger partial charge in [-0.1, -0.05) is 0 Å². The van der Waals surface area contributed by atoms with E-state index in [0.717, 1.165) is 11.3 Å². The van der Waals surface area contributed by atoms with Crippen LogP contribution in [0, 0.1) is 18.3 Å². The van der Waals surface area contributed by atoms with Gasteiger partial charge in [0.05, 0.1) is 17.7 Å². The van der Waals surface area contributed by atoms with Gasteiger partial charge in [-0.25, -0.2) is 4.79 Å². The zero-order valence-corrected chi connectivity index (χ0v) is 12.9. The average Bonchev–Trinajstić information content (AvgIpc) is 2.84. The van der Waals surface area contributed by atoms with Gasteiger partial charge in [-0.3, -0.25) is 9.78 Å². The van der Waals surface area contributed by atoms with Crippen molar-refractivity contribution in [3.05, 3.63) is 46.1 Å². The van der Waals surface area contributed by atoms with Crippen LogP contribution in [0.15, 0.2) is 24.5 Å². The second-order valence-electron chi connectivity index (χ2n) is 4.29. The van der Waals surface area contributed by atoms with Gasteiger partial charge >= 0.3 is 5.97 Å². The van der Waals surface area contributed by atoms with Crippen molar-refractivity contribution in [2.24, 2.45) is 0 Å². The molecule has 1 N–H and O–H groups in total. The zero-order valence-electron chi connectivity index (χ0n) is 12.0. The molecule has 2 heterocycles. The highest BCUT2D eigenvalue weighted by Crippen LogP contribution is 2.33. The Morgan fingerprint density at radius 2 is 2.27 bits per heavy atom. The lowest BCUT2D eigenvalue weighted by Gasteiger charge is -2.02. The zero-order chi connectivity index (χ0) is 16.1. The molecule has 7 heteroatoms. The first-order chi connectivity index (χ1) is 10.6. The van der Waals surface area contributed by atoms with E-state index in [1.54, 1.807) is 32.2 Å². The van der Waals surface area contributed by atoms with E-state index in [1.807, 2.05) is 6.07 Å². The maximum absolute atomic E-state index is 12.1. The molecular formula is C15H13N3O3S. The predicted octanol–water partition coefficient (Wildman–Crippen LogP) is 2.75. The number of hydrogen-bond donors (Lipinski definition) is 1. The highest BCUT2D eigenvalue weighted by atomic mass is 32.1. The van der Waals surface area contributed by atoms with Crippen molar-refractivity contribution in [1.29, 1.82) is 5.26 Å². The number of ether oxygens (including phenoxy) is 1. The Kier molecular flexibility index (Phi) is 4.86. The van der Waals surface area contributed by atoms with Gasteiger partial charge in [0.15, 0.2) is 0 Å². The molecule has 0 aliphatic heterocycles. The molecule has 112 valence electrons. The molecular weight excluding hydrogens is 302 g/mol. The van der Waals surface area contributed by atoms with Crippen molar-refractivity contribution in [3.63, 3.8) is 0 Å². The summed E-state index contributed by atoms with van der Waals surface area (Å²) < 4.78 is 4.95. The molecule has 22 heavy (non-hydrogen) atoms. The van der Waals surface area contributed by atoms with Gasteiger partial charge in [0, 0.05) is 12.4 Å². The standard InChI is InChI=1S/C15H13N3O3S/c1-3-21-15(20)12-9(2)11(7-16)14(22-12)18-13(19)10-5-4-6-17-8-10/h4-6,8H,3H2,1-2H3,(H,18,19). The minimum absolute atomic E-state index is 0.245. The number of pyridine rings is 1. The fourth-order valence-electron chi connectivity index (χ4n) is 1.80. The topological polar surface area (TPSA) is 92.1 Å². The number of aromatic nitrogens is 1. The first-order valence-corrected chi connectivity index (χ1v) is 7.32. The Morgan fingerprint density at radius 3 is 2.86 bits per heavy atom. The van der Waals surface area contributed by atoms with Crippen LogP contribution in [0.1, 0.15) is 38.1 Å². The molecule has 0 aliphatic rings. The normalized spacial score (nSPS) is 9.86. The van der Waals surface area contributed by atoms with Crippen molar-refractivity contribution in [2.45, 2.75) is 13.8 Å². The van der Waals surface area contributed by atoms with Crippen molar-refractivity contribution in [2.75, 3.05) is 11.9 Å². The number of nitrogens with zero attached hydrogens (tertiary/aromatic N) is 2. The number of carbonyl (C=O) groups is 2. The molecule has 0 aromatic carbocycles. The summed E-state index contributed by atoms with van der Waals surface area (Å²) in [7, 11) is 0. The molecule has 0 radical (unpaired) electrons. The van der Waals surface area contributed by atoms with Crippen LogP contribution in [0.25, 0.3) is 0 Å². The van der Waals surface area contributed by atoms with Gasteiger partial charge in [-0.15, -0.1) is 11.3 Å². The summed E-state index contributed by atoms with van der Waals surface area (Å²) in [4.78, 5) is 28.2. The molecule has 0 aliphatic carbocycles. The summed E-state index contributed by atoms with van der Waals surface area (Å²) in [6.45, 7) is 3.60. The molecule has 2 aromatic heterocycles. The number of amides is 1. The quantitative estimate of drug-likeness (QED) is 0.876. The van der Waals surface area contributed by atoms with E-state index < -0.39 is 5.97 Å². The van der Waals surface area contributed by atoms with Crippen LogP contribution in [-0.2, 0) is 4.74 Å². The number of hydrogen-bond acceptors (Lipinski definition) is 6. The van der Waals surface area contributed by atoms with Crippen LogP contribution < -0.4 is 5.32 Å². The predicted molar refractivity (Wildman–Crippen MR) is 81.9 cm³/mol. The van der Waals surface area contributed by atoms with E-state index in [2.05, 4.69) is 10.3 Å². The third-order valence-electron chi connectivity index (χ3n) is 2.87. The summed E-state index contributed by atoms with van der Waals surface area (Å²) in [6.07, 6.45) is 2.99. The minimum atomic E-state index is -0.497. The van der Waals surface area contributed by atoms with Crippen molar-refractivity contribution >= 4 is 28.2 Å². The second kappa shape index (κ2) is 6.83. The monoisotopic (exact) mass is 315 g/mol. The fraction of sp³-hybridized carbons (Fsp3) is 0.200. The second-order valence-corrected chi connectivity index (χ2v) is 5.31. The number of carbonyl (C=O) groups excluding carboxylic acids is 2. The number of esters is 1. The molecule has 0 fully saturated rings. The van der Waals surface area contributed by atoms with Gasteiger partial charge in [-0.2, -0.15) is 5.26 Å². The fourth-order valence-corrected chi connectivity index (χ4v) is 2.85. The van der Waals surface area contributed by atoms with Crippen LogP contribution in [0.4, 0.5) is 5.00 Å². The average molecular weight is 315 g/mol. The highest BCUT2D eigenvalue weighted by molar-refractivity contribution is 7.18. The Hall–Kier alpha value is -2.72. The van der Waals surface area contributed by atoms with Crippen LogP contribution in [0.5, 0.6) is 0 Å². The molecule has 2 rings (SSSR count). The molecule has 0 saturated carbocycles. The third-order valence-corrected chi connectivity index (χ3v) is 4.06. The smallest absolute Gasteiger partial charge is 0.348 e. The van der Waals surface area contributed by atoms with Gasteiger partial charge in [-0.05, 0) is 31.5 Å². The van der Waals surface area contributed by atoms with Crippen molar-refractivity contribution in [1.82, 2.24) is 4.98 Å². The van der Waals surface area contributed by atoms with Gasteiger partial charge in [0.25, 0.3) is 5.91 Å². The van der Waals surface area contributed by atoms with Crippen LogP contribution in [0.3, 0.4) is 0 Å². The first kappa shape index (κ1) is 15.7. The Bertz CT molecular complexity index is 747. The van der Waals surface area contributed by atoms with E-state index in [9.17, 15) is 14.9 Å². The van der Waals surface area contributed by atoms with Crippen LogP contribution in [0.2, 0.25) is 0 Å². The maximum atomic E-state index is 12.1. The van der Waals surface area contributed by atoms with E-state index in [-0.39, 0.29) is 18.1 Å². The van der Waals surface area contributed by atoms with E-state index >= 15 is 0 Å². The molecule has 0 spiro atoms. The number of nitriles is 1. The summed E-state index contributed by atoms with van der Waals surface area (Å²) in [5.74, 6) is -0.885. The molecule has 6 nitrogen and oxygen atoms in total. The van der Waals surface area contributed by atoms with Crippen molar-refractivity contribution in [3.8, 4) is 6.07 Å². The summed E-state index contributed by atoms with van der Waals surface area (Å²) in [6, 6.07) is 5.27. The summed E-state index contributed by atoms with van der Waals surface area (Å²) in [5, 5.41) is 12.2. The number of anilines is 1. The van der Waals surface area contributed by atoms with Gasteiger partial charge in [0.2, 0.25) is 0 Å². The summed E-state index contributed by atoms with van der Waals surface area (Å²) in [5.41, 5.74) is 1.15. The minimum Gasteiger partial charge on any atom is -0.462 e. The van der Waals surface area contributed by atoms with Crippen LogP contribution >= 0.6 is 11.3 Å². The van der Waals surface area contributed by atoms with Gasteiger partial charge < -0.3 is 10.1 Å². The SMILES string of the molecule is CCOC(=O)c1sc(NC(=O)c2cccnc2)c(C#N)c1C. The Morgan fingerprint density at radius 1 is 1.50 bits per heavy atom. The first-order valence-electron chi connectivity index (χ1n) is 6.50. The van der Waals surface area contributed by atoms with E-state index in [4.69, 9.17) is 4.74 Å². The molecule has 0 atom stereocenters. The van der Waals surface area contributed by atoms with E-state index in [0.29, 0.717) is 21.0 Å². The lowest BCUT2D eigenvalue weighted by atomic mass is 10.1. The third kappa shape index (κ3) is 3.13. The molecule has 0 unspecified atom stereocenters. The highest BCUT2D eigenvalue weighted by Gasteiger charge is 2.22. The van der Waals surface area contributed by atoms with Gasteiger partial charge in [0.1, 0.15) is 15.9 Å². The lowest BCUT2D eigenvalue weighted by Crippen LogP contribution is -2.11. The Labute approximate surface area is 131 Å². The molecule has 0 bridgehead atoms. The van der Waals surface area contributed by atoms with Crippen LogP contribution in [-0.4, -0.2) is 23.5 Å². The molecule has 2 aromatic rings. The largest absolute Gasteiger partial charge is 0.462 e. The Balaban J connectivity index is 2.32. The number of thiophene rings is 1. The van der Waals surface area contributed by atoms with E-state index in [1.165, 1.54) is 6.20 Å². The lowest BCUT2D eigenvalue weighted by molar-refractivity contribution is 0.0531. The molecule has 1 amide bonds.